The van der Waals surface area contributed by atoms with Gasteiger partial charge in [-0.3, -0.25) is 0 Å². The summed E-state index contributed by atoms with van der Waals surface area (Å²) >= 11 is 8.66. The number of hydrogen-bond donors (Lipinski definition) is 0. The highest BCUT2D eigenvalue weighted by Crippen LogP contribution is 2.36. The lowest BCUT2D eigenvalue weighted by molar-refractivity contribution is 0.665. The molecule has 0 amide bonds. The zero-order valence-corrected chi connectivity index (χ0v) is 14.8. The molecule has 0 saturated heterocycles. The van der Waals surface area contributed by atoms with Gasteiger partial charge in [-0.1, -0.05) is 26.2 Å². The van der Waals surface area contributed by atoms with Crippen LogP contribution in [0.4, 0.5) is 0 Å². The molecule has 2 aromatic rings. The largest absolute Gasteiger partial charge is 0.236 e. The van der Waals surface area contributed by atoms with E-state index in [1.807, 2.05) is 18.5 Å². The standard InChI is InChI=1S/C14H16Br2N2S/c1-2-3-4-5-6-10-8-17-14(18-9-10)11-7-12(15)19-13(11)16/h7-9H,2-6H2,1H3. The van der Waals surface area contributed by atoms with Gasteiger partial charge in [0.05, 0.1) is 7.57 Å². The number of hydrogen-bond acceptors (Lipinski definition) is 3. The Balaban J connectivity index is 2.00. The minimum absolute atomic E-state index is 0.783. The average Bonchev–Trinajstić information content (AvgIpc) is 2.75. The second-order valence-electron chi connectivity index (χ2n) is 4.46. The van der Waals surface area contributed by atoms with Crippen LogP contribution in [0, 0.1) is 0 Å². The van der Waals surface area contributed by atoms with Gasteiger partial charge in [0.2, 0.25) is 0 Å². The van der Waals surface area contributed by atoms with Crippen molar-refractivity contribution in [3.05, 3.63) is 31.6 Å². The molecule has 102 valence electrons. The van der Waals surface area contributed by atoms with Crippen LogP contribution >= 0.6 is 43.2 Å². The maximum atomic E-state index is 4.47. The van der Waals surface area contributed by atoms with Gasteiger partial charge in [-0.2, -0.15) is 0 Å². The number of aryl methyl sites for hydroxylation is 1. The Hall–Kier alpha value is -0.260. The van der Waals surface area contributed by atoms with Crippen LogP contribution in [0.15, 0.2) is 26.0 Å². The fourth-order valence-corrected chi connectivity index (χ4v) is 4.66. The molecule has 19 heavy (non-hydrogen) atoms. The minimum Gasteiger partial charge on any atom is -0.236 e. The first-order valence-electron chi connectivity index (χ1n) is 6.47. The van der Waals surface area contributed by atoms with Crippen LogP contribution in [0.5, 0.6) is 0 Å². The summed E-state index contributed by atoms with van der Waals surface area (Å²) in [5.41, 5.74) is 2.28. The minimum atomic E-state index is 0.783. The molecule has 5 heteroatoms. The van der Waals surface area contributed by atoms with Gasteiger partial charge in [-0.05, 0) is 56.3 Å². The lowest BCUT2D eigenvalue weighted by Gasteiger charge is -2.02. The Morgan fingerprint density at radius 2 is 1.84 bits per heavy atom. The summed E-state index contributed by atoms with van der Waals surface area (Å²) in [7, 11) is 0. The first kappa shape index (κ1) is 15.1. The van der Waals surface area contributed by atoms with E-state index in [4.69, 9.17) is 0 Å². The van der Waals surface area contributed by atoms with E-state index in [0.29, 0.717) is 0 Å². The Bertz CT molecular complexity index is 523. The molecule has 0 unspecified atom stereocenters. The zero-order valence-electron chi connectivity index (χ0n) is 10.8. The second-order valence-corrected chi connectivity index (χ2v) is 8.21. The highest BCUT2D eigenvalue weighted by Gasteiger charge is 2.10. The monoisotopic (exact) mass is 402 g/mol. The predicted molar refractivity (Wildman–Crippen MR) is 88.6 cm³/mol. The van der Waals surface area contributed by atoms with Gasteiger partial charge in [0.25, 0.3) is 0 Å². The molecule has 0 aromatic carbocycles. The van der Waals surface area contributed by atoms with Crippen LogP contribution < -0.4 is 0 Å². The quantitative estimate of drug-likeness (QED) is 0.565. The molecule has 0 N–H and O–H groups in total. The number of halogens is 2. The zero-order chi connectivity index (χ0) is 13.7. The van der Waals surface area contributed by atoms with E-state index in [9.17, 15) is 0 Å². The van der Waals surface area contributed by atoms with Crippen molar-refractivity contribution in [2.45, 2.75) is 39.0 Å². The van der Waals surface area contributed by atoms with Crippen LogP contribution in [0.1, 0.15) is 38.2 Å². The highest BCUT2D eigenvalue weighted by molar-refractivity contribution is 9.12. The Labute approximate surface area is 134 Å². The van der Waals surface area contributed by atoms with Crippen molar-refractivity contribution in [3.8, 4) is 11.4 Å². The van der Waals surface area contributed by atoms with Crippen molar-refractivity contribution < 1.29 is 0 Å². The third-order valence-corrected chi connectivity index (χ3v) is 5.26. The van der Waals surface area contributed by atoms with Crippen molar-refractivity contribution in [1.29, 1.82) is 0 Å². The van der Waals surface area contributed by atoms with Gasteiger partial charge in [0, 0.05) is 18.0 Å². The van der Waals surface area contributed by atoms with Crippen LogP contribution in [-0.4, -0.2) is 9.97 Å². The maximum Gasteiger partial charge on any atom is 0.161 e. The third kappa shape index (κ3) is 4.36. The van der Waals surface area contributed by atoms with Crippen molar-refractivity contribution in [2.75, 3.05) is 0 Å². The molecule has 0 saturated carbocycles. The Kier molecular flexibility index (Phi) is 5.98. The van der Waals surface area contributed by atoms with E-state index in [2.05, 4.69) is 48.8 Å². The average molecular weight is 404 g/mol. The lowest BCUT2D eigenvalue weighted by Crippen LogP contribution is -1.92. The van der Waals surface area contributed by atoms with Gasteiger partial charge in [-0.25, -0.2) is 9.97 Å². The molecule has 0 atom stereocenters. The molecule has 0 fully saturated rings. The summed E-state index contributed by atoms with van der Waals surface area (Å²) in [6, 6.07) is 2.05. The molecule has 2 rings (SSSR count). The van der Waals surface area contributed by atoms with Crippen LogP contribution in [-0.2, 0) is 6.42 Å². The number of aromatic nitrogens is 2. The van der Waals surface area contributed by atoms with Gasteiger partial charge in [0.1, 0.15) is 0 Å². The van der Waals surface area contributed by atoms with E-state index in [1.54, 1.807) is 11.3 Å². The number of rotatable bonds is 6. The summed E-state index contributed by atoms with van der Waals surface area (Å²) in [6.45, 7) is 2.23. The molecule has 2 aromatic heterocycles. The lowest BCUT2D eigenvalue weighted by atomic mass is 10.1. The fourth-order valence-electron chi connectivity index (χ4n) is 1.87. The van der Waals surface area contributed by atoms with Crippen LogP contribution in [0.3, 0.4) is 0 Å². The summed E-state index contributed by atoms with van der Waals surface area (Å²) < 4.78 is 2.15. The fraction of sp³-hybridized carbons (Fsp3) is 0.429. The van der Waals surface area contributed by atoms with Crippen molar-refractivity contribution in [3.63, 3.8) is 0 Å². The van der Waals surface area contributed by atoms with Gasteiger partial charge >= 0.3 is 0 Å². The molecule has 0 aliphatic rings. The normalized spacial score (nSPS) is 10.9. The van der Waals surface area contributed by atoms with E-state index >= 15 is 0 Å². The van der Waals surface area contributed by atoms with E-state index < -0.39 is 0 Å². The predicted octanol–water partition coefficient (Wildman–Crippen LogP) is 5.85. The van der Waals surface area contributed by atoms with Gasteiger partial charge < -0.3 is 0 Å². The summed E-state index contributed by atoms with van der Waals surface area (Å²) in [5, 5.41) is 0. The summed E-state index contributed by atoms with van der Waals surface area (Å²) in [6.07, 6.45) is 10.1. The number of nitrogens with zero attached hydrogens (tertiary/aromatic N) is 2. The van der Waals surface area contributed by atoms with Gasteiger partial charge in [-0.15, -0.1) is 11.3 Å². The molecule has 0 aliphatic carbocycles. The maximum absolute atomic E-state index is 4.47. The van der Waals surface area contributed by atoms with E-state index in [0.717, 1.165) is 25.4 Å². The van der Waals surface area contributed by atoms with Crippen molar-refractivity contribution in [1.82, 2.24) is 9.97 Å². The second kappa shape index (κ2) is 7.50. The molecule has 0 bridgehead atoms. The van der Waals surface area contributed by atoms with Crippen LogP contribution in [0.2, 0.25) is 0 Å². The molecular formula is C14H16Br2N2S. The number of thiophene rings is 1. The molecule has 0 aliphatic heterocycles. The Morgan fingerprint density at radius 1 is 1.11 bits per heavy atom. The van der Waals surface area contributed by atoms with Crippen molar-refractivity contribution >= 4 is 43.2 Å². The van der Waals surface area contributed by atoms with Crippen LogP contribution in [0.25, 0.3) is 11.4 Å². The van der Waals surface area contributed by atoms with Gasteiger partial charge in [0.15, 0.2) is 5.82 Å². The summed E-state index contributed by atoms with van der Waals surface area (Å²) in [5.74, 6) is 0.783. The van der Waals surface area contributed by atoms with E-state index in [-0.39, 0.29) is 0 Å². The molecule has 2 nitrogen and oxygen atoms in total. The molecule has 0 spiro atoms. The Morgan fingerprint density at radius 3 is 2.42 bits per heavy atom. The topological polar surface area (TPSA) is 25.8 Å². The smallest absolute Gasteiger partial charge is 0.161 e. The summed E-state index contributed by atoms with van der Waals surface area (Å²) in [4.78, 5) is 8.93. The third-order valence-electron chi connectivity index (χ3n) is 2.92. The van der Waals surface area contributed by atoms with Crippen molar-refractivity contribution in [2.24, 2.45) is 0 Å². The molecule has 2 heterocycles. The molecular weight excluding hydrogens is 388 g/mol. The first-order chi connectivity index (χ1) is 9.20. The number of unbranched alkanes of at least 4 members (excludes halogenated alkanes) is 3. The highest BCUT2D eigenvalue weighted by atomic mass is 79.9. The molecule has 0 radical (unpaired) electrons. The van der Waals surface area contributed by atoms with E-state index in [1.165, 1.54) is 31.2 Å². The SMILES string of the molecule is CCCCCCc1cnc(-c2cc(Br)sc2Br)nc1. The first-order valence-corrected chi connectivity index (χ1v) is 8.87.